The molecule has 0 spiro atoms. The number of amides is 2. The Kier molecular flexibility index (Phi) is 4.17. The molecule has 2 fully saturated rings. The fraction of sp³-hybridized carbons (Fsp3) is 0.562. The summed E-state index contributed by atoms with van der Waals surface area (Å²) in [6, 6.07) is 1.92. The van der Waals surface area contributed by atoms with E-state index in [4.69, 9.17) is 5.73 Å². The van der Waals surface area contributed by atoms with Crippen molar-refractivity contribution in [2.45, 2.75) is 55.4 Å². The number of nitrogens with two attached hydrogens (primary N) is 1. The van der Waals surface area contributed by atoms with E-state index >= 15 is 0 Å². The van der Waals surface area contributed by atoms with Crippen LogP contribution >= 0.6 is 23.1 Å². The van der Waals surface area contributed by atoms with E-state index in [9.17, 15) is 19.5 Å². The molecule has 9 heteroatoms. The molecule has 2 saturated heterocycles. The summed E-state index contributed by atoms with van der Waals surface area (Å²) in [6.07, 6.45) is 0. The smallest absolute Gasteiger partial charge is 0.327 e. The van der Waals surface area contributed by atoms with Crippen LogP contribution in [0.1, 0.15) is 36.6 Å². The highest BCUT2D eigenvalue weighted by atomic mass is 32.2. The number of carboxylic acids is 1. The second-order valence-electron chi connectivity index (χ2n) is 7.14. The number of carboxylic acid groups (broad SMARTS) is 1. The van der Waals surface area contributed by atoms with Crippen LogP contribution < -0.4 is 11.1 Å². The molecule has 0 radical (unpaired) electrons. The zero-order chi connectivity index (χ0) is 18.7. The highest BCUT2D eigenvalue weighted by Crippen LogP contribution is 2.54. The number of nitrogens with zero attached hydrogens (tertiary/aromatic N) is 1. The second kappa shape index (κ2) is 5.72. The number of carbonyl (C=O) groups excluding carboxylic acids is 2. The second-order valence-corrected chi connectivity index (χ2v) is 10.2. The van der Waals surface area contributed by atoms with Gasteiger partial charge in [-0.25, -0.2) is 4.79 Å². The van der Waals surface area contributed by atoms with Gasteiger partial charge in [0.25, 0.3) is 5.91 Å². The third-order valence-electron chi connectivity index (χ3n) is 4.74. The van der Waals surface area contributed by atoms with Gasteiger partial charge in [-0.15, -0.1) is 23.1 Å². The van der Waals surface area contributed by atoms with Crippen LogP contribution in [0.25, 0.3) is 0 Å². The first-order chi connectivity index (χ1) is 11.5. The summed E-state index contributed by atoms with van der Waals surface area (Å²) in [5, 5.41) is 11.8. The number of fused-ring (bicyclic) bond motifs is 1. The molecule has 0 aromatic carbocycles. The molecule has 4 N–H and O–H groups in total. The van der Waals surface area contributed by atoms with Gasteiger partial charge < -0.3 is 21.1 Å². The Morgan fingerprint density at radius 2 is 2.00 bits per heavy atom. The van der Waals surface area contributed by atoms with Crippen LogP contribution in [-0.4, -0.2) is 49.5 Å². The Balaban J connectivity index is 1.79. The minimum absolute atomic E-state index is 0.383. The van der Waals surface area contributed by atoms with Gasteiger partial charge >= 0.3 is 5.97 Å². The van der Waals surface area contributed by atoms with E-state index in [1.54, 1.807) is 26.8 Å². The van der Waals surface area contributed by atoms with E-state index in [2.05, 4.69) is 5.32 Å². The van der Waals surface area contributed by atoms with Gasteiger partial charge in [0.2, 0.25) is 5.91 Å². The fourth-order valence-corrected chi connectivity index (χ4v) is 5.94. The number of aliphatic carboxylic acids is 1. The number of hydrogen-bond acceptors (Lipinski definition) is 6. The lowest BCUT2D eigenvalue weighted by atomic mass is 9.86. The average molecular weight is 383 g/mol. The number of carbonyl (C=O) groups is 3. The van der Waals surface area contributed by atoms with Crippen LogP contribution in [0.15, 0.2) is 12.1 Å². The summed E-state index contributed by atoms with van der Waals surface area (Å²) in [5.74, 6) is -1.85. The van der Waals surface area contributed by atoms with E-state index in [0.29, 0.717) is 0 Å². The number of β-lactam (4-membered cyclic amide) rings is 1. The molecule has 2 amide bonds. The first kappa shape index (κ1) is 18.2. The molecular weight excluding hydrogens is 362 g/mol. The van der Waals surface area contributed by atoms with Crippen molar-refractivity contribution >= 4 is 40.9 Å². The minimum atomic E-state index is -1.15. The van der Waals surface area contributed by atoms with E-state index in [-0.39, 0.29) is 5.91 Å². The van der Waals surface area contributed by atoms with Crippen LogP contribution in [0.3, 0.4) is 0 Å². The van der Waals surface area contributed by atoms with Crippen LogP contribution in [0.4, 0.5) is 0 Å². The van der Waals surface area contributed by atoms with Gasteiger partial charge in [0.05, 0.1) is 0 Å². The largest absolute Gasteiger partial charge is 0.480 e. The molecule has 25 heavy (non-hydrogen) atoms. The third kappa shape index (κ3) is 2.65. The van der Waals surface area contributed by atoms with Crippen molar-refractivity contribution in [3.8, 4) is 0 Å². The van der Waals surface area contributed by atoms with Crippen molar-refractivity contribution in [3.63, 3.8) is 0 Å². The number of thiophene rings is 1. The molecule has 1 aromatic rings. The molecule has 1 unspecified atom stereocenters. The molecular formula is C16H21N3O4S2. The highest BCUT2D eigenvalue weighted by Gasteiger charge is 2.70. The Labute approximate surface area is 153 Å². The third-order valence-corrected chi connectivity index (χ3v) is 7.58. The zero-order valence-electron chi connectivity index (χ0n) is 14.4. The van der Waals surface area contributed by atoms with Crippen LogP contribution in [-0.2, 0) is 14.4 Å². The number of rotatable bonds is 4. The SMILES string of the molecule is Cc1ccc(C(N)C(=O)N[C@@]2(C)C(=O)N3[C@@H](C(=O)O)C(C)(C)S[C@@H]32)s1. The molecule has 0 saturated carbocycles. The fourth-order valence-electron chi connectivity index (χ4n) is 3.42. The van der Waals surface area contributed by atoms with E-state index < -0.39 is 39.6 Å². The molecule has 1 aromatic heterocycles. The molecule has 7 nitrogen and oxygen atoms in total. The highest BCUT2D eigenvalue weighted by molar-refractivity contribution is 8.01. The molecule has 3 rings (SSSR count). The topological polar surface area (TPSA) is 113 Å². The molecule has 2 aliphatic heterocycles. The number of nitrogens with one attached hydrogen (secondary N) is 1. The van der Waals surface area contributed by atoms with E-state index in [0.717, 1.165) is 9.75 Å². The zero-order valence-corrected chi connectivity index (χ0v) is 16.0. The van der Waals surface area contributed by atoms with Crippen molar-refractivity contribution in [3.05, 3.63) is 21.9 Å². The van der Waals surface area contributed by atoms with Crippen LogP contribution in [0.2, 0.25) is 0 Å². The first-order valence-corrected chi connectivity index (χ1v) is 9.56. The summed E-state index contributed by atoms with van der Waals surface area (Å²) < 4.78 is -0.637. The lowest BCUT2D eigenvalue weighted by Gasteiger charge is -2.51. The minimum Gasteiger partial charge on any atom is -0.480 e. The van der Waals surface area contributed by atoms with E-state index in [1.807, 2.05) is 13.0 Å². The molecule has 3 heterocycles. The van der Waals surface area contributed by atoms with Gasteiger partial charge in [-0.1, -0.05) is 0 Å². The van der Waals surface area contributed by atoms with Crippen LogP contribution in [0, 0.1) is 6.92 Å². The predicted octanol–water partition coefficient (Wildman–Crippen LogP) is 1.08. The Morgan fingerprint density at radius 3 is 2.52 bits per heavy atom. The molecule has 4 atom stereocenters. The number of hydrogen-bond donors (Lipinski definition) is 3. The maximum Gasteiger partial charge on any atom is 0.327 e. The van der Waals surface area contributed by atoms with Gasteiger partial charge in [0, 0.05) is 14.5 Å². The van der Waals surface area contributed by atoms with Crippen molar-refractivity contribution in [2.75, 3.05) is 0 Å². The summed E-state index contributed by atoms with van der Waals surface area (Å²) in [7, 11) is 0. The molecule has 0 bridgehead atoms. The summed E-state index contributed by atoms with van der Waals surface area (Å²) in [5.41, 5.74) is 4.88. The summed E-state index contributed by atoms with van der Waals surface area (Å²) in [6.45, 7) is 7.15. The van der Waals surface area contributed by atoms with Crippen molar-refractivity contribution in [1.82, 2.24) is 10.2 Å². The molecule has 2 aliphatic rings. The quantitative estimate of drug-likeness (QED) is 0.671. The maximum atomic E-state index is 12.7. The lowest BCUT2D eigenvalue weighted by molar-refractivity contribution is -0.168. The lowest BCUT2D eigenvalue weighted by Crippen LogP contribution is -2.78. The monoisotopic (exact) mass is 383 g/mol. The van der Waals surface area contributed by atoms with E-state index in [1.165, 1.54) is 28.0 Å². The summed E-state index contributed by atoms with van der Waals surface area (Å²) >= 11 is 2.83. The van der Waals surface area contributed by atoms with Gasteiger partial charge in [0.1, 0.15) is 23.0 Å². The van der Waals surface area contributed by atoms with Gasteiger partial charge in [-0.2, -0.15) is 0 Å². The maximum absolute atomic E-state index is 12.7. The predicted molar refractivity (Wildman–Crippen MR) is 96.3 cm³/mol. The molecule has 136 valence electrons. The first-order valence-electron chi connectivity index (χ1n) is 7.86. The van der Waals surface area contributed by atoms with Gasteiger partial charge in [0.15, 0.2) is 0 Å². The normalized spacial score (nSPS) is 31.2. The number of thioether (sulfide) groups is 1. The number of aryl methyl sites for hydroxylation is 1. The van der Waals surface area contributed by atoms with Gasteiger partial charge in [-0.05, 0) is 39.8 Å². The Bertz CT molecular complexity index is 762. The Hall–Kier alpha value is -1.58. The van der Waals surface area contributed by atoms with Crippen LogP contribution in [0.5, 0.6) is 0 Å². The Morgan fingerprint density at radius 1 is 1.36 bits per heavy atom. The van der Waals surface area contributed by atoms with Gasteiger partial charge in [-0.3, -0.25) is 9.59 Å². The standard InChI is InChI=1S/C16H21N3O4S2/c1-7-5-6-8(24-7)9(17)11(20)18-16(4)13(23)19-10(12(21)22)15(2,3)25-14(16)19/h5-6,9-10,14H,17H2,1-4H3,(H,18,20)(H,21,22)/t9?,10-,14+,16-/m0/s1. The van der Waals surface area contributed by atoms with Crippen molar-refractivity contribution in [1.29, 1.82) is 0 Å². The van der Waals surface area contributed by atoms with Crippen molar-refractivity contribution < 1.29 is 19.5 Å². The average Bonchev–Trinajstić information content (AvgIpc) is 3.05. The summed E-state index contributed by atoms with van der Waals surface area (Å²) in [4.78, 5) is 39.9. The van der Waals surface area contributed by atoms with Crippen molar-refractivity contribution in [2.24, 2.45) is 5.73 Å². The molecule has 0 aliphatic carbocycles.